The molecule has 0 saturated carbocycles. The highest BCUT2D eigenvalue weighted by atomic mass is 32.2. The van der Waals surface area contributed by atoms with Gasteiger partial charge in [0.15, 0.2) is 0 Å². The zero-order valence-corrected chi connectivity index (χ0v) is 8.15. The molecule has 1 rings (SSSR count). The van der Waals surface area contributed by atoms with Crippen LogP contribution in [-0.2, 0) is 0 Å². The Labute approximate surface area is 80.9 Å². The molecule has 6 heteroatoms. The molecule has 0 aliphatic rings. The third kappa shape index (κ3) is 2.25. The summed E-state index contributed by atoms with van der Waals surface area (Å²) in [6, 6.07) is 1.20. The van der Waals surface area contributed by atoms with Gasteiger partial charge < -0.3 is 0 Å². The van der Waals surface area contributed by atoms with Crippen LogP contribution in [0.25, 0.3) is 0 Å². The van der Waals surface area contributed by atoms with Gasteiger partial charge in [-0.3, -0.25) is 4.79 Å². The second-order valence-corrected chi connectivity index (χ2v) is 4.14. The van der Waals surface area contributed by atoms with E-state index >= 15 is 0 Å². The molecule has 0 aliphatic heterocycles. The molecule has 0 aromatic carbocycles. The number of carbonyl (C=O) groups is 1. The molecule has 0 aliphatic carbocycles. The fourth-order valence-corrected chi connectivity index (χ4v) is 2.32. The summed E-state index contributed by atoms with van der Waals surface area (Å²) in [6.45, 7) is 0. The van der Waals surface area contributed by atoms with Gasteiger partial charge in [0.2, 0.25) is 0 Å². The van der Waals surface area contributed by atoms with Crippen LogP contribution in [0.2, 0.25) is 0 Å². The van der Waals surface area contributed by atoms with Crippen LogP contribution in [-0.4, -0.2) is 18.2 Å². The molecule has 13 heavy (non-hydrogen) atoms. The van der Waals surface area contributed by atoms with Gasteiger partial charge in [-0.2, -0.15) is 13.2 Å². The average Bonchev–Trinajstić information content (AvgIpc) is 2.48. The van der Waals surface area contributed by atoms with Gasteiger partial charge in [0.1, 0.15) is 0 Å². The first-order valence-electron chi connectivity index (χ1n) is 3.20. The van der Waals surface area contributed by atoms with Crippen molar-refractivity contribution >= 4 is 28.9 Å². The van der Waals surface area contributed by atoms with Gasteiger partial charge in [-0.05, 0) is 17.7 Å². The Morgan fingerprint density at radius 3 is 2.62 bits per heavy atom. The standard InChI is InChI=1S/C7H5F3OS2/c1-12-6-4(2-3-13-6)5(11)7(8,9)10/h2-3H,1H3. The molecule has 1 nitrogen and oxygen atoms in total. The fourth-order valence-electron chi connectivity index (χ4n) is 0.775. The maximum atomic E-state index is 12.0. The van der Waals surface area contributed by atoms with Crippen molar-refractivity contribution in [3.8, 4) is 0 Å². The normalized spacial score (nSPS) is 11.7. The SMILES string of the molecule is CSc1sccc1C(=O)C(F)(F)F. The fraction of sp³-hybridized carbons (Fsp3) is 0.286. The number of halogens is 3. The minimum atomic E-state index is -4.77. The maximum Gasteiger partial charge on any atom is 0.454 e. The quantitative estimate of drug-likeness (QED) is 0.569. The summed E-state index contributed by atoms with van der Waals surface area (Å²) >= 11 is 2.28. The van der Waals surface area contributed by atoms with E-state index in [1.54, 1.807) is 6.26 Å². The third-order valence-electron chi connectivity index (χ3n) is 1.32. The monoisotopic (exact) mass is 226 g/mol. The van der Waals surface area contributed by atoms with Crippen molar-refractivity contribution in [3.63, 3.8) is 0 Å². The Morgan fingerprint density at radius 2 is 2.15 bits per heavy atom. The lowest BCUT2D eigenvalue weighted by Gasteiger charge is -2.03. The molecule has 72 valence electrons. The summed E-state index contributed by atoms with van der Waals surface area (Å²) in [7, 11) is 0. The van der Waals surface area contributed by atoms with Crippen LogP contribution >= 0.6 is 23.1 Å². The highest BCUT2D eigenvalue weighted by molar-refractivity contribution is 8.00. The molecule has 1 aromatic rings. The summed E-state index contributed by atoms with van der Waals surface area (Å²) in [5.41, 5.74) is -0.245. The number of ketones is 1. The molecule has 0 bridgehead atoms. The van der Waals surface area contributed by atoms with Gasteiger partial charge in [-0.25, -0.2) is 0 Å². The van der Waals surface area contributed by atoms with E-state index in [2.05, 4.69) is 0 Å². The first-order chi connectivity index (χ1) is 5.96. The second kappa shape index (κ2) is 3.71. The minimum Gasteiger partial charge on any atom is -0.284 e. The molecule has 0 fully saturated rings. The van der Waals surface area contributed by atoms with Crippen molar-refractivity contribution < 1.29 is 18.0 Å². The zero-order chi connectivity index (χ0) is 10.1. The number of alkyl halides is 3. The van der Waals surface area contributed by atoms with E-state index in [-0.39, 0.29) is 5.56 Å². The van der Waals surface area contributed by atoms with Crippen LogP contribution in [0, 0.1) is 0 Å². The van der Waals surface area contributed by atoms with Crippen LogP contribution < -0.4 is 0 Å². The van der Waals surface area contributed by atoms with Crippen molar-refractivity contribution in [1.29, 1.82) is 0 Å². The number of thioether (sulfide) groups is 1. The zero-order valence-electron chi connectivity index (χ0n) is 6.51. The average molecular weight is 226 g/mol. The lowest BCUT2D eigenvalue weighted by Crippen LogP contribution is -2.22. The highest BCUT2D eigenvalue weighted by Crippen LogP contribution is 2.31. The third-order valence-corrected chi connectivity index (χ3v) is 3.40. The number of thiophene rings is 1. The van der Waals surface area contributed by atoms with Gasteiger partial charge in [-0.15, -0.1) is 23.1 Å². The molecule has 0 radical (unpaired) electrons. The Bertz CT molecular complexity index is 316. The Kier molecular flexibility index (Phi) is 3.02. The van der Waals surface area contributed by atoms with E-state index in [1.807, 2.05) is 0 Å². The molecule has 0 atom stereocenters. The van der Waals surface area contributed by atoms with Crippen molar-refractivity contribution in [2.75, 3.05) is 6.26 Å². The summed E-state index contributed by atoms with van der Waals surface area (Å²) in [6.07, 6.45) is -3.13. The van der Waals surface area contributed by atoms with Crippen molar-refractivity contribution in [2.45, 2.75) is 10.4 Å². The Balaban J connectivity index is 3.02. The van der Waals surface area contributed by atoms with E-state index in [0.717, 1.165) is 23.1 Å². The summed E-state index contributed by atoms with van der Waals surface area (Å²) in [4.78, 5) is 10.8. The topological polar surface area (TPSA) is 17.1 Å². The van der Waals surface area contributed by atoms with Gasteiger partial charge in [0.25, 0.3) is 5.78 Å². The summed E-state index contributed by atoms with van der Waals surface area (Å²) in [5.74, 6) is -1.77. The molecule has 1 heterocycles. The molecule has 0 N–H and O–H groups in total. The Hall–Kier alpha value is -0.490. The van der Waals surface area contributed by atoms with Gasteiger partial charge in [0.05, 0.1) is 9.77 Å². The van der Waals surface area contributed by atoms with Gasteiger partial charge in [-0.1, -0.05) is 0 Å². The van der Waals surface area contributed by atoms with Crippen LogP contribution in [0.1, 0.15) is 10.4 Å². The lowest BCUT2D eigenvalue weighted by molar-refractivity contribution is -0.0886. The number of hydrogen-bond donors (Lipinski definition) is 0. The van der Waals surface area contributed by atoms with Crippen LogP contribution in [0.3, 0.4) is 0 Å². The molecule has 0 saturated heterocycles. The van der Waals surface area contributed by atoms with Crippen LogP contribution in [0.4, 0.5) is 13.2 Å². The molecule has 0 amide bonds. The predicted octanol–water partition coefficient (Wildman–Crippen LogP) is 3.22. The largest absolute Gasteiger partial charge is 0.454 e. The number of rotatable bonds is 2. The molecule has 1 aromatic heterocycles. The first kappa shape index (κ1) is 10.6. The summed E-state index contributed by atoms with van der Waals surface area (Å²) < 4.78 is 36.3. The van der Waals surface area contributed by atoms with E-state index < -0.39 is 12.0 Å². The molecule has 0 unspecified atom stereocenters. The van der Waals surface area contributed by atoms with E-state index in [1.165, 1.54) is 11.4 Å². The molecular formula is C7H5F3OS2. The van der Waals surface area contributed by atoms with Crippen molar-refractivity contribution in [2.24, 2.45) is 0 Å². The van der Waals surface area contributed by atoms with Crippen LogP contribution in [0.5, 0.6) is 0 Å². The van der Waals surface area contributed by atoms with E-state index in [9.17, 15) is 18.0 Å². The van der Waals surface area contributed by atoms with E-state index in [0.29, 0.717) is 4.21 Å². The maximum absolute atomic E-state index is 12.0. The van der Waals surface area contributed by atoms with Crippen molar-refractivity contribution in [1.82, 2.24) is 0 Å². The Morgan fingerprint density at radius 1 is 1.54 bits per heavy atom. The van der Waals surface area contributed by atoms with Crippen molar-refractivity contribution in [3.05, 3.63) is 17.0 Å². The minimum absolute atomic E-state index is 0.245. The summed E-state index contributed by atoms with van der Waals surface area (Å²) in [5, 5.41) is 1.48. The predicted molar refractivity (Wildman–Crippen MR) is 46.5 cm³/mol. The first-order valence-corrected chi connectivity index (χ1v) is 5.30. The van der Waals surface area contributed by atoms with Crippen LogP contribution in [0.15, 0.2) is 15.7 Å². The van der Waals surface area contributed by atoms with Gasteiger partial charge in [0, 0.05) is 0 Å². The number of hydrogen-bond acceptors (Lipinski definition) is 3. The second-order valence-electron chi connectivity index (χ2n) is 2.15. The highest BCUT2D eigenvalue weighted by Gasteiger charge is 2.40. The van der Waals surface area contributed by atoms with Gasteiger partial charge >= 0.3 is 6.18 Å². The molecule has 0 spiro atoms. The number of carbonyl (C=O) groups excluding carboxylic acids is 1. The number of Topliss-reactive ketones (excluding diaryl/α,β-unsaturated/α-hetero) is 1. The lowest BCUT2D eigenvalue weighted by atomic mass is 10.2. The van der Waals surface area contributed by atoms with E-state index in [4.69, 9.17) is 0 Å². The molecular weight excluding hydrogens is 221 g/mol. The smallest absolute Gasteiger partial charge is 0.284 e.